The molecule has 0 heterocycles. The van der Waals surface area contributed by atoms with Gasteiger partial charge in [0.25, 0.3) is 0 Å². The van der Waals surface area contributed by atoms with Gasteiger partial charge in [-0.3, -0.25) is 9.59 Å². The van der Waals surface area contributed by atoms with E-state index in [1.54, 1.807) is 13.8 Å². The maximum Gasteiger partial charge on any atom is 0.159 e. The SMILES string of the molecule is CC(=O)c1ccc(COCc2ccc(C(C)=O)cc2)cc1. The fourth-order valence-electron chi connectivity index (χ4n) is 1.96. The van der Waals surface area contributed by atoms with Crippen LogP contribution >= 0.6 is 0 Å². The van der Waals surface area contributed by atoms with Crippen LogP contribution in [-0.2, 0) is 18.0 Å². The third-order valence-electron chi connectivity index (χ3n) is 3.26. The van der Waals surface area contributed by atoms with Crippen molar-refractivity contribution in [2.45, 2.75) is 27.1 Å². The molecule has 0 amide bonds. The summed E-state index contributed by atoms with van der Waals surface area (Å²) < 4.78 is 5.64. The summed E-state index contributed by atoms with van der Waals surface area (Å²) in [7, 11) is 0. The number of benzene rings is 2. The second-order valence-corrected chi connectivity index (χ2v) is 5.00. The Morgan fingerprint density at radius 3 is 1.33 bits per heavy atom. The highest BCUT2D eigenvalue weighted by atomic mass is 16.5. The van der Waals surface area contributed by atoms with Gasteiger partial charge < -0.3 is 4.74 Å². The van der Waals surface area contributed by atoms with Crippen LogP contribution in [0.15, 0.2) is 48.5 Å². The molecule has 0 aliphatic heterocycles. The van der Waals surface area contributed by atoms with E-state index in [1.165, 1.54) is 0 Å². The minimum Gasteiger partial charge on any atom is -0.372 e. The fourth-order valence-corrected chi connectivity index (χ4v) is 1.96. The van der Waals surface area contributed by atoms with Crippen molar-refractivity contribution >= 4 is 11.6 Å². The third-order valence-corrected chi connectivity index (χ3v) is 3.26. The molecule has 2 aromatic rings. The van der Waals surface area contributed by atoms with E-state index in [4.69, 9.17) is 4.74 Å². The monoisotopic (exact) mass is 282 g/mol. The predicted octanol–water partition coefficient (Wildman–Crippen LogP) is 3.81. The standard InChI is InChI=1S/C18H18O3/c1-13(19)17-7-3-15(4-8-17)11-21-12-16-5-9-18(10-6-16)14(2)20/h3-10H,11-12H2,1-2H3. The van der Waals surface area contributed by atoms with Gasteiger partial charge in [0.15, 0.2) is 11.6 Å². The van der Waals surface area contributed by atoms with Crippen LogP contribution in [0, 0.1) is 0 Å². The molecule has 2 rings (SSSR count). The van der Waals surface area contributed by atoms with E-state index in [0.717, 1.165) is 11.1 Å². The first-order valence-electron chi connectivity index (χ1n) is 6.84. The summed E-state index contributed by atoms with van der Waals surface area (Å²) in [6.07, 6.45) is 0. The van der Waals surface area contributed by atoms with Crippen molar-refractivity contribution in [1.82, 2.24) is 0 Å². The van der Waals surface area contributed by atoms with Crippen molar-refractivity contribution in [3.63, 3.8) is 0 Å². The molecule has 0 fully saturated rings. The molecule has 108 valence electrons. The van der Waals surface area contributed by atoms with E-state index in [9.17, 15) is 9.59 Å². The minimum atomic E-state index is 0.0630. The van der Waals surface area contributed by atoms with Gasteiger partial charge in [-0.05, 0) is 25.0 Å². The summed E-state index contributed by atoms with van der Waals surface area (Å²) in [5.74, 6) is 0.126. The molecular formula is C18H18O3. The average molecular weight is 282 g/mol. The first-order chi connectivity index (χ1) is 10.1. The Labute approximate surface area is 124 Å². The van der Waals surface area contributed by atoms with Crippen LogP contribution in [0.25, 0.3) is 0 Å². The van der Waals surface area contributed by atoms with E-state index in [-0.39, 0.29) is 11.6 Å². The van der Waals surface area contributed by atoms with Crippen molar-refractivity contribution in [3.05, 3.63) is 70.8 Å². The molecule has 21 heavy (non-hydrogen) atoms. The summed E-state index contributed by atoms with van der Waals surface area (Å²) in [6, 6.07) is 14.8. The zero-order chi connectivity index (χ0) is 15.2. The number of ketones is 2. The fraction of sp³-hybridized carbons (Fsp3) is 0.222. The Morgan fingerprint density at radius 1 is 0.714 bits per heavy atom. The Kier molecular flexibility index (Phi) is 5.01. The van der Waals surface area contributed by atoms with E-state index in [1.807, 2.05) is 48.5 Å². The number of ether oxygens (including phenoxy) is 1. The maximum absolute atomic E-state index is 11.2. The van der Waals surface area contributed by atoms with Crippen molar-refractivity contribution in [2.24, 2.45) is 0 Å². The Hall–Kier alpha value is -2.26. The molecule has 0 bridgehead atoms. The molecule has 0 atom stereocenters. The zero-order valence-electron chi connectivity index (χ0n) is 12.3. The maximum atomic E-state index is 11.2. The number of hydrogen-bond acceptors (Lipinski definition) is 3. The molecule has 0 aliphatic carbocycles. The topological polar surface area (TPSA) is 43.4 Å². The highest BCUT2D eigenvalue weighted by Gasteiger charge is 2.01. The van der Waals surface area contributed by atoms with Gasteiger partial charge in [0.1, 0.15) is 0 Å². The van der Waals surface area contributed by atoms with Crippen molar-refractivity contribution in [1.29, 1.82) is 0 Å². The van der Waals surface area contributed by atoms with Gasteiger partial charge >= 0.3 is 0 Å². The molecule has 0 aromatic heterocycles. The van der Waals surface area contributed by atoms with Crippen LogP contribution in [0.3, 0.4) is 0 Å². The number of Topliss-reactive ketones (excluding diaryl/α,β-unsaturated/α-hetero) is 2. The molecule has 0 radical (unpaired) electrons. The smallest absolute Gasteiger partial charge is 0.159 e. The highest BCUT2D eigenvalue weighted by Crippen LogP contribution is 2.10. The summed E-state index contributed by atoms with van der Waals surface area (Å²) in [6.45, 7) is 4.09. The van der Waals surface area contributed by atoms with Crippen molar-refractivity contribution in [3.8, 4) is 0 Å². The normalized spacial score (nSPS) is 10.4. The molecule has 0 spiro atoms. The van der Waals surface area contributed by atoms with Crippen LogP contribution in [-0.4, -0.2) is 11.6 Å². The molecule has 3 nitrogen and oxygen atoms in total. The molecule has 0 unspecified atom stereocenters. The zero-order valence-corrected chi connectivity index (χ0v) is 12.3. The lowest BCUT2D eigenvalue weighted by Crippen LogP contribution is -1.97. The number of hydrogen-bond donors (Lipinski definition) is 0. The van der Waals surface area contributed by atoms with Crippen molar-refractivity contribution in [2.75, 3.05) is 0 Å². The third kappa shape index (κ3) is 4.36. The first-order valence-corrected chi connectivity index (χ1v) is 6.84. The number of rotatable bonds is 6. The molecule has 0 saturated heterocycles. The number of carbonyl (C=O) groups is 2. The second-order valence-electron chi connectivity index (χ2n) is 5.00. The predicted molar refractivity (Wildman–Crippen MR) is 81.4 cm³/mol. The van der Waals surface area contributed by atoms with E-state index in [2.05, 4.69) is 0 Å². The second kappa shape index (κ2) is 6.95. The lowest BCUT2D eigenvalue weighted by molar-refractivity contribution is 0.100. The van der Waals surface area contributed by atoms with Crippen LogP contribution < -0.4 is 0 Å². The van der Waals surface area contributed by atoms with E-state index >= 15 is 0 Å². The van der Waals surface area contributed by atoms with Gasteiger partial charge in [-0.1, -0.05) is 48.5 Å². The van der Waals surface area contributed by atoms with E-state index in [0.29, 0.717) is 24.3 Å². The van der Waals surface area contributed by atoms with Crippen LogP contribution in [0.4, 0.5) is 0 Å². The molecule has 3 heteroatoms. The van der Waals surface area contributed by atoms with Gasteiger partial charge in [-0.2, -0.15) is 0 Å². The van der Waals surface area contributed by atoms with Gasteiger partial charge in [0.2, 0.25) is 0 Å². The molecule has 0 aliphatic rings. The first kappa shape index (κ1) is 15.1. The quantitative estimate of drug-likeness (QED) is 0.757. The average Bonchev–Trinajstić information content (AvgIpc) is 2.48. The summed E-state index contributed by atoms with van der Waals surface area (Å²) in [5, 5.41) is 0. The molecule has 2 aromatic carbocycles. The Balaban J connectivity index is 1.86. The summed E-state index contributed by atoms with van der Waals surface area (Å²) in [4.78, 5) is 22.4. The van der Waals surface area contributed by atoms with Crippen LogP contribution in [0.5, 0.6) is 0 Å². The Morgan fingerprint density at radius 2 is 1.05 bits per heavy atom. The lowest BCUT2D eigenvalue weighted by Gasteiger charge is -2.06. The Bertz CT molecular complexity index is 567. The number of carbonyl (C=O) groups excluding carboxylic acids is 2. The largest absolute Gasteiger partial charge is 0.372 e. The van der Waals surface area contributed by atoms with Gasteiger partial charge in [-0.25, -0.2) is 0 Å². The lowest BCUT2D eigenvalue weighted by atomic mass is 10.1. The summed E-state index contributed by atoms with van der Waals surface area (Å²) >= 11 is 0. The van der Waals surface area contributed by atoms with Crippen molar-refractivity contribution < 1.29 is 14.3 Å². The van der Waals surface area contributed by atoms with Gasteiger partial charge in [-0.15, -0.1) is 0 Å². The van der Waals surface area contributed by atoms with E-state index < -0.39 is 0 Å². The highest BCUT2D eigenvalue weighted by molar-refractivity contribution is 5.94. The molecule has 0 N–H and O–H groups in total. The van der Waals surface area contributed by atoms with Gasteiger partial charge in [0, 0.05) is 11.1 Å². The molecular weight excluding hydrogens is 264 g/mol. The van der Waals surface area contributed by atoms with Gasteiger partial charge in [0.05, 0.1) is 13.2 Å². The van der Waals surface area contributed by atoms with Crippen LogP contribution in [0.2, 0.25) is 0 Å². The minimum absolute atomic E-state index is 0.0630. The molecule has 0 saturated carbocycles. The summed E-state index contributed by atoms with van der Waals surface area (Å²) in [5.41, 5.74) is 3.47. The van der Waals surface area contributed by atoms with Crippen LogP contribution in [0.1, 0.15) is 45.7 Å².